The van der Waals surface area contributed by atoms with Gasteiger partial charge >= 0.3 is 35.8 Å². The van der Waals surface area contributed by atoms with Crippen molar-refractivity contribution in [2.24, 2.45) is 0 Å². The molecular weight excluding hydrogens is 1880 g/mol. The molecule has 0 N–H and O–H groups in total. The van der Waals surface area contributed by atoms with Gasteiger partial charge in [-0.05, 0) is 275 Å². The molecule has 0 aromatic heterocycles. The average Bonchev–Trinajstić information content (AvgIpc) is 0.817. The Labute approximate surface area is 862 Å². The second kappa shape index (κ2) is 63.3. The molecule has 19 nitrogen and oxygen atoms in total. The van der Waals surface area contributed by atoms with Gasteiger partial charge in [-0.1, -0.05) is 221 Å². The van der Waals surface area contributed by atoms with E-state index in [4.69, 9.17) is 62.1 Å². The Kier molecular flexibility index (Phi) is 51.9. The van der Waals surface area contributed by atoms with E-state index in [1.54, 1.807) is 190 Å². The Bertz CT molecular complexity index is 5640. The highest BCUT2D eigenvalue weighted by Gasteiger charge is 2.23. The Morgan fingerprint density at radius 1 is 0.285 bits per heavy atom. The fourth-order valence-corrected chi connectivity index (χ4v) is 21.1. The lowest BCUT2D eigenvalue weighted by atomic mass is 10.1. The molecule has 0 saturated heterocycles. The van der Waals surface area contributed by atoms with Gasteiger partial charge in [0.15, 0.2) is 0 Å². The van der Waals surface area contributed by atoms with Crippen LogP contribution in [0, 0.1) is 18.3 Å². The summed E-state index contributed by atoms with van der Waals surface area (Å²) in [4.78, 5) is 73.5. The van der Waals surface area contributed by atoms with Crippen LogP contribution in [0.3, 0.4) is 0 Å². The fraction of sp³-hybridized carbons (Fsp3) is 0.358. The Morgan fingerprint density at radius 3 is 0.799 bits per heavy atom. The molecule has 24 heteroatoms. The highest BCUT2D eigenvalue weighted by molar-refractivity contribution is 6.88. The third kappa shape index (κ3) is 46.6. The second-order valence-corrected chi connectivity index (χ2v) is 64.2. The standard InChI is InChI=1S/C41H56O6Si2.C31H36O5Si.C24H29NO3Si.C24H32O4Si/c1-8-48(4,5)30-16-12-10-14-28-44-36-22-18-34(19-23-36)40(42)46-38-26-27-39(33(3)32-38)47-41(43)35-20-24-37(25-21-35)45-29-15-11-13-17-31-49(6,7)9-2;1-5-30(32)35-23-9-7-6-8-22-34-27-16-12-26(13-17-27)31(33)36-28-18-10-24(11-19-28)25-14-20-29(21-15-25)37(2,3)4;1-4-29(2,3)18-8-6-5-7-17-27-22-15-11-21(12-16-22)24(26)28-23-13-9-20(19-25)10-14-23;1-5-29(3,4)19-9-7-6-8-18-27-22-12-10-20(11-13-22)24(25)28-23-16-14-21(26-2)15-17-23/h8-9,18-27,32H,1-2,10-17,28-31H2,3-7H3;5,10-21H,1,6-9,22-23H2,2-4H3;4,9-16H,1,5-8,17-18H2,2-3H3;5,10-17H,1,6-9,18-19H2,2-4H3. The second-order valence-electron chi connectivity index (χ2n) is 39.6. The first kappa shape index (κ1) is 118. The quantitative estimate of drug-likeness (QED) is 0.0113. The van der Waals surface area contributed by atoms with E-state index < -0.39 is 70.2 Å². The predicted molar refractivity (Wildman–Crippen MR) is 598 cm³/mol. The van der Waals surface area contributed by atoms with Crippen molar-refractivity contribution in [2.75, 3.05) is 46.8 Å². The van der Waals surface area contributed by atoms with E-state index in [0.29, 0.717) is 119 Å². The van der Waals surface area contributed by atoms with E-state index in [-0.39, 0.29) is 5.97 Å². The summed E-state index contributed by atoms with van der Waals surface area (Å²) >= 11 is 0. The molecule has 0 spiro atoms. The molecule has 10 rings (SSSR count). The predicted octanol–water partition coefficient (Wildman–Crippen LogP) is 30.4. The van der Waals surface area contributed by atoms with Crippen LogP contribution in [0.25, 0.3) is 11.1 Å². The number of carbonyl (C=O) groups excluding carboxylic acids is 6. The van der Waals surface area contributed by atoms with Gasteiger partial charge in [0.05, 0.1) is 127 Å². The van der Waals surface area contributed by atoms with Gasteiger partial charge in [-0.15, -0.1) is 49.1 Å². The summed E-state index contributed by atoms with van der Waals surface area (Å²) in [5.74, 6) is 4.00. The van der Waals surface area contributed by atoms with Crippen LogP contribution in [0.4, 0.5) is 0 Å². The number of nitrogens with zero attached hydrogens (tertiary/aromatic N) is 1. The minimum atomic E-state index is -1.32. The highest BCUT2D eigenvalue weighted by Crippen LogP contribution is 2.31. The van der Waals surface area contributed by atoms with Crippen molar-refractivity contribution in [2.45, 2.75) is 232 Å². The molecule has 0 heterocycles. The molecule has 10 aromatic rings. The number of methoxy groups -OCH3 is 1. The molecule has 0 fully saturated rings. The maximum atomic E-state index is 12.8. The molecule has 10 aromatic carbocycles. The van der Waals surface area contributed by atoms with Crippen molar-refractivity contribution in [3.05, 3.63) is 337 Å². The highest BCUT2D eigenvalue weighted by atomic mass is 28.3. The monoisotopic (exact) mass is 2040 g/mol. The lowest BCUT2D eigenvalue weighted by molar-refractivity contribution is -0.137. The van der Waals surface area contributed by atoms with Crippen LogP contribution in [-0.4, -0.2) is 123 Å². The van der Waals surface area contributed by atoms with Crippen LogP contribution < -0.4 is 57.3 Å². The van der Waals surface area contributed by atoms with Gasteiger partial charge in [-0.3, -0.25) is 0 Å². The zero-order valence-electron chi connectivity index (χ0n) is 87.4. The van der Waals surface area contributed by atoms with Crippen molar-refractivity contribution in [1.82, 2.24) is 0 Å². The molecule has 766 valence electrons. The average molecular weight is 2040 g/mol. The number of carbonyl (C=O) groups is 6. The van der Waals surface area contributed by atoms with Crippen molar-refractivity contribution >= 4 is 81.4 Å². The van der Waals surface area contributed by atoms with Crippen LogP contribution in [0.15, 0.2) is 298 Å². The molecule has 144 heavy (non-hydrogen) atoms. The SMILES string of the molecule is C=CC(=O)OCCCCCCOc1ccc(C(=O)Oc2ccc(-c3ccc([Si](C)(C)C)cc3)cc2)cc1.C=C[Si](C)(C)CCCCCCOc1ccc(C(=O)Oc2ccc(C#N)cc2)cc1.C=C[Si](C)(C)CCCCCCOc1ccc(C(=O)Oc2ccc(OC(=O)c3ccc(OCCCCCC[Si](C)(C)C=C)cc3)c(C)c2)cc1.C=C[Si](C)(C)CCCCCCOc1ccc(C(=O)Oc2ccc(OC)cc2)cc1. The van der Waals surface area contributed by atoms with Crippen LogP contribution in [-0.2, 0) is 9.53 Å². The van der Waals surface area contributed by atoms with Crippen molar-refractivity contribution in [1.29, 1.82) is 5.26 Å². The van der Waals surface area contributed by atoms with E-state index in [2.05, 4.69) is 152 Å². The number of nitriles is 1. The number of rotatable bonds is 58. The number of aryl methyl sites for hydroxylation is 1. The first-order valence-corrected chi connectivity index (χ1v) is 67.2. The summed E-state index contributed by atoms with van der Waals surface area (Å²) in [5.41, 5.74) is 14.3. The summed E-state index contributed by atoms with van der Waals surface area (Å²) in [5, 5.41) is 10.2. The van der Waals surface area contributed by atoms with Crippen LogP contribution in [0.2, 0.25) is 96.2 Å². The first-order chi connectivity index (χ1) is 69.0. The minimum Gasteiger partial charge on any atom is -0.497 e. The lowest BCUT2D eigenvalue weighted by Crippen LogP contribution is -2.37. The summed E-state index contributed by atoms with van der Waals surface area (Å²) in [6.07, 6.45) is 23.5. The zero-order chi connectivity index (χ0) is 105. The van der Waals surface area contributed by atoms with E-state index >= 15 is 0 Å². The van der Waals surface area contributed by atoms with Crippen LogP contribution >= 0.6 is 0 Å². The first-order valence-electron chi connectivity index (χ1n) is 50.6. The Balaban J connectivity index is 0.000000267. The topological polar surface area (TPSA) is 237 Å². The maximum absolute atomic E-state index is 12.8. The van der Waals surface area contributed by atoms with Gasteiger partial charge in [-0.2, -0.15) is 5.26 Å². The van der Waals surface area contributed by atoms with Gasteiger partial charge < -0.3 is 56.8 Å². The Hall–Kier alpha value is -12.9. The van der Waals surface area contributed by atoms with Crippen LogP contribution in [0.5, 0.6) is 63.2 Å². The third-order valence-electron chi connectivity index (χ3n) is 24.5. The third-order valence-corrected chi connectivity index (χ3v) is 37.5. The van der Waals surface area contributed by atoms with Gasteiger partial charge in [0, 0.05) is 6.08 Å². The fourth-order valence-electron chi connectivity index (χ4n) is 14.5. The number of esters is 6. The summed E-state index contributed by atoms with van der Waals surface area (Å²) in [6.45, 7) is 50.5. The molecular formula is C120H153NO18Si5. The number of benzene rings is 10. The van der Waals surface area contributed by atoms with Crippen LogP contribution in [0.1, 0.15) is 191 Å². The maximum Gasteiger partial charge on any atom is 0.343 e. The van der Waals surface area contributed by atoms with E-state index in [0.717, 1.165) is 105 Å². The minimum absolute atomic E-state index is 0.366. The number of ether oxygens (including phenoxy) is 12. The van der Waals surface area contributed by atoms with E-state index in [9.17, 15) is 28.8 Å². The molecule has 0 aliphatic rings. The van der Waals surface area contributed by atoms with E-state index in [1.165, 1.54) is 93.2 Å². The summed E-state index contributed by atoms with van der Waals surface area (Å²) < 4.78 is 66.5. The van der Waals surface area contributed by atoms with Gasteiger partial charge in [0.25, 0.3) is 0 Å². The molecule has 0 bridgehead atoms. The van der Waals surface area contributed by atoms with Gasteiger partial charge in [-0.25, -0.2) is 28.8 Å². The van der Waals surface area contributed by atoms with Crippen molar-refractivity contribution in [3.8, 4) is 80.4 Å². The smallest absolute Gasteiger partial charge is 0.343 e. The molecule has 0 aliphatic carbocycles. The van der Waals surface area contributed by atoms with E-state index in [1.807, 2.05) is 42.5 Å². The molecule has 0 amide bonds. The number of unbranched alkanes of at least 4 members (excludes halogenated alkanes) is 15. The normalized spacial score (nSPS) is 11.1. The molecule has 0 aliphatic heterocycles. The zero-order valence-corrected chi connectivity index (χ0v) is 92.4. The molecule has 0 radical (unpaired) electrons. The van der Waals surface area contributed by atoms with Crippen molar-refractivity contribution in [3.63, 3.8) is 0 Å². The number of hydrogen-bond donors (Lipinski definition) is 0. The number of hydrogen-bond acceptors (Lipinski definition) is 19. The molecule has 0 atom stereocenters. The van der Waals surface area contributed by atoms with Gasteiger partial charge in [0.1, 0.15) is 63.2 Å². The summed E-state index contributed by atoms with van der Waals surface area (Å²) in [6, 6.07) is 76.8. The summed E-state index contributed by atoms with van der Waals surface area (Å²) in [7, 11) is -4.44. The van der Waals surface area contributed by atoms with Crippen molar-refractivity contribution < 1.29 is 85.6 Å². The lowest BCUT2D eigenvalue weighted by Gasteiger charge is -2.16. The largest absolute Gasteiger partial charge is 0.497 e. The molecule has 0 unspecified atom stereocenters. The Morgan fingerprint density at radius 2 is 0.528 bits per heavy atom. The molecule has 0 saturated carbocycles. The van der Waals surface area contributed by atoms with Gasteiger partial charge in [0.2, 0.25) is 0 Å².